The minimum Gasteiger partial charge on any atom is -0.457 e. The van der Waals surface area contributed by atoms with Gasteiger partial charge in [0.25, 0.3) is 5.91 Å². The third-order valence-electron chi connectivity index (χ3n) is 7.70. The number of nitrogens with zero attached hydrogens (tertiary/aromatic N) is 3. The van der Waals surface area contributed by atoms with Crippen LogP contribution in [-0.2, 0) is 27.5 Å². The van der Waals surface area contributed by atoms with Crippen molar-refractivity contribution >= 4 is 41.1 Å². The van der Waals surface area contributed by atoms with Gasteiger partial charge in [0.15, 0.2) is 11.5 Å². The Hall–Kier alpha value is -6.04. The second-order valence-corrected chi connectivity index (χ2v) is 10.8. The molecule has 1 aromatic heterocycles. The van der Waals surface area contributed by atoms with Gasteiger partial charge in [-0.1, -0.05) is 67.2 Å². The molecule has 4 aromatic rings. The molecule has 2 amide bonds. The Bertz CT molecular complexity index is 1780. The van der Waals surface area contributed by atoms with E-state index in [2.05, 4.69) is 27.2 Å². The molecule has 0 saturated carbocycles. The summed E-state index contributed by atoms with van der Waals surface area (Å²) in [4.78, 5) is 61.4. The van der Waals surface area contributed by atoms with Crippen molar-refractivity contribution in [1.29, 1.82) is 0 Å². The summed E-state index contributed by atoms with van der Waals surface area (Å²) < 4.78 is 11.1. The number of hydrogen-bond donors (Lipinski definition) is 3. The molecule has 0 spiro atoms. The fourth-order valence-electron chi connectivity index (χ4n) is 5.18. The lowest BCUT2D eigenvalue weighted by molar-refractivity contribution is -0.126. The third kappa shape index (κ3) is 7.98. The average molecular weight is 635 g/mol. The van der Waals surface area contributed by atoms with Crippen LogP contribution >= 0.6 is 0 Å². The summed E-state index contributed by atoms with van der Waals surface area (Å²) in [5.41, 5.74) is 7.25. The number of nitrogens with one attached hydrogen (secondary N) is 2. The van der Waals surface area contributed by atoms with E-state index in [1.165, 1.54) is 30.5 Å². The largest absolute Gasteiger partial charge is 0.457 e. The third-order valence-corrected chi connectivity index (χ3v) is 7.70. The van der Waals surface area contributed by atoms with Crippen molar-refractivity contribution < 1.29 is 28.7 Å². The van der Waals surface area contributed by atoms with E-state index in [4.69, 9.17) is 15.2 Å². The molecule has 12 nitrogen and oxygen atoms in total. The summed E-state index contributed by atoms with van der Waals surface area (Å²) in [6.45, 7) is 6.02. The lowest BCUT2D eigenvalue weighted by Crippen LogP contribution is -2.39. The lowest BCUT2D eigenvalue weighted by Gasteiger charge is -2.24. The minimum atomic E-state index is -0.827. The smallest absolute Gasteiger partial charge is 0.339 e. The molecule has 47 heavy (non-hydrogen) atoms. The number of rotatable bonds is 12. The van der Waals surface area contributed by atoms with Gasteiger partial charge >= 0.3 is 11.9 Å². The highest BCUT2D eigenvalue weighted by molar-refractivity contribution is 6.04. The molecular formula is C35H34N6O6. The normalized spacial score (nSPS) is 15.4. The van der Waals surface area contributed by atoms with Crippen molar-refractivity contribution in [3.8, 4) is 0 Å². The first-order valence-corrected chi connectivity index (χ1v) is 14.9. The Balaban J connectivity index is 1.40. The van der Waals surface area contributed by atoms with Crippen LogP contribution in [0.5, 0.6) is 0 Å². The molecule has 12 heteroatoms. The molecule has 5 rings (SSSR count). The molecule has 2 atom stereocenters. The van der Waals surface area contributed by atoms with Gasteiger partial charge in [0, 0.05) is 24.3 Å². The van der Waals surface area contributed by atoms with Crippen LogP contribution in [0, 0.1) is 0 Å². The first-order chi connectivity index (χ1) is 22.7. The lowest BCUT2D eigenvalue weighted by atomic mass is 10.1. The first-order valence-electron chi connectivity index (χ1n) is 14.9. The van der Waals surface area contributed by atoms with Crippen LogP contribution in [-0.4, -0.2) is 57.2 Å². The SMILES string of the molecule is C=CC(=O)N1CC[C@@H](Nc2cnc(C(N)=O)c(Nc3ccc(C(=O)OCc4ccccc4)c(C(=O)OCc4ccccc4)c3)n2)[C@H]1C. The van der Waals surface area contributed by atoms with E-state index in [0.29, 0.717) is 24.5 Å². The summed E-state index contributed by atoms with van der Waals surface area (Å²) in [6, 6.07) is 22.4. The number of nitrogens with two attached hydrogens (primary N) is 1. The molecule has 0 aliphatic carbocycles. The van der Waals surface area contributed by atoms with Crippen molar-refractivity contribution in [3.05, 3.63) is 126 Å². The zero-order chi connectivity index (χ0) is 33.3. The maximum absolute atomic E-state index is 13.4. The van der Waals surface area contributed by atoms with Crippen LogP contribution < -0.4 is 16.4 Å². The highest BCUT2D eigenvalue weighted by Gasteiger charge is 2.33. The number of hydrogen-bond acceptors (Lipinski definition) is 10. The van der Waals surface area contributed by atoms with Crippen LogP contribution in [0.1, 0.15) is 55.7 Å². The molecular weight excluding hydrogens is 600 g/mol. The van der Waals surface area contributed by atoms with Gasteiger partial charge in [-0.05, 0) is 48.7 Å². The molecule has 2 heterocycles. The predicted octanol–water partition coefficient (Wildman–Crippen LogP) is 4.62. The molecule has 0 bridgehead atoms. The van der Waals surface area contributed by atoms with Gasteiger partial charge in [-0.2, -0.15) is 0 Å². The highest BCUT2D eigenvalue weighted by Crippen LogP contribution is 2.26. The van der Waals surface area contributed by atoms with Gasteiger partial charge in [0.2, 0.25) is 5.91 Å². The number of amides is 2. The van der Waals surface area contributed by atoms with Crippen LogP contribution in [0.3, 0.4) is 0 Å². The van der Waals surface area contributed by atoms with E-state index in [1.54, 1.807) is 4.90 Å². The fourth-order valence-corrected chi connectivity index (χ4v) is 5.18. The minimum absolute atomic E-state index is 0.00462. The quantitative estimate of drug-likeness (QED) is 0.148. The maximum atomic E-state index is 13.4. The zero-order valence-corrected chi connectivity index (χ0v) is 25.7. The van der Waals surface area contributed by atoms with Gasteiger partial charge in [0.05, 0.1) is 17.3 Å². The van der Waals surface area contributed by atoms with Gasteiger partial charge < -0.3 is 30.7 Å². The molecule has 1 saturated heterocycles. The second-order valence-electron chi connectivity index (χ2n) is 10.8. The number of aromatic nitrogens is 2. The number of esters is 2. The van der Waals surface area contributed by atoms with E-state index in [9.17, 15) is 19.2 Å². The molecule has 4 N–H and O–H groups in total. The molecule has 1 fully saturated rings. The Morgan fingerprint density at radius 3 is 2.15 bits per heavy atom. The van der Waals surface area contributed by atoms with Crippen molar-refractivity contribution in [2.24, 2.45) is 5.73 Å². The van der Waals surface area contributed by atoms with E-state index >= 15 is 0 Å². The summed E-state index contributed by atoms with van der Waals surface area (Å²) in [5, 5.41) is 6.28. The standard InChI is InChI=1S/C35H34N6O6/c1-3-30(42)41-17-16-28(22(41)2)39-29-19-37-31(32(36)43)33(40-29)38-25-14-15-26(34(44)46-20-23-10-6-4-7-11-23)27(18-25)35(45)47-21-24-12-8-5-9-13-24/h3-15,18-19,22,28H,1,16-17,20-21H2,2H3,(H2,36,43)(H2,38,39,40)/t22-,28-/m1/s1. The molecule has 0 radical (unpaired) electrons. The van der Waals surface area contributed by atoms with Crippen LogP contribution in [0.4, 0.5) is 17.3 Å². The van der Waals surface area contributed by atoms with Crippen LogP contribution in [0.2, 0.25) is 0 Å². The van der Waals surface area contributed by atoms with E-state index in [0.717, 1.165) is 11.1 Å². The molecule has 1 aliphatic heterocycles. The first kappa shape index (κ1) is 32.4. The fraction of sp³-hybridized carbons (Fsp3) is 0.200. The maximum Gasteiger partial charge on any atom is 0.339 e. The van der Waals surface area contributed by atoms with E-state index < -0.39 is 17.8 Å². The summed E-state index contributed by atoms with van der Waals surface area (Å²) in [5.74, 6) is -2.10. The molecule has 240 valence electrons. The summed E-state index contributed by atoms with van der Waals surface area (Å²) in [7, 11) is 0. The van der Waals surface area contributed by atoms with Crippen LogP contribution in [0.25, 0.3) is 0 Å². The monoisotopic (exact) mass is 634 g/mol. The summed E-state index contributed by atoms with van der Waals surface area (Å²) in [6.07, 6.45) is 3.33. The number of anilines is 3. The molecule has 1 aliphatic rings. The molecule has 0 unspecified atom stereocenters. The van der Waals surface area contributed by atoms with Crippen molar-refractivity contribution in [2.45, 2.75) is 38.6 Å². The van der Waals surface area contributed by atoms with E-state index in [1.807, 2.05) is 67.6 Å². The highest BCUT2D eigenvalue weighted by atomic mass is 16.5. The van der Waals surface area contributed by atoms with Crippen molar-refractivity contribution in [1.82, 2.24) is 14.9 Å². The van der Waals surface area contributed by atoms with Crippen molar-refractivity contribution in [3.63, 3.8) is 0 Å². The number of carbonyl (C=O) groups excluding carboxylic acids is 4. The van der Waals surface area contributed by atoms with Crippen LogP contribution in [0.15, 0.2) is 97.7 Å². The Kier molecular flexibility index (Phi) is 10.2. The van der Waals surface area contributed by atoms with Crippen molar-refractivity contribution in [2.75, 3.05) is 17.2 Å². The number of ether oxygens (including phenoxy) is 2. The topological polar surface area (TPSA) is 166 Å². The molecule has 3 aromatic carbocycles. The van der Waals surface area contributed by atoms with Gasteiger partial charge in [-0.3, -0.25) is 9.59 Å². The van der Waals surface area contributed by atoms with Gasteiger partial charge in [0.1, 0.15) is 19.0 Å². The van der Waals surface area contributed by atoms with E-state index in [-0.39, 0.29) is 53.8 Å². The number of carbonyl (C=O) groups is 4. The number of benzene rings is 3. The Labute approximate surface area is 271 Å². The average Bonchev–Trinajstić information content (AvgIpc) is 3.45. The van der Waals surface area contributed by atoms with Gasteiger partial charge in [-0.15, -0.1) is 0 Å². The second kappa shape index (κ2) is 14.8. The van der Waals surface area contributed by atoms with Gasteiger partial charge in [-0.25, -0.2) is 19.6 Å². The Morgan fingerprint density at radius 2 is 1.55 bits per heavy atom. The number of primary amides is 1. The zero-order valence-electron chi connectivity index (χ0n) is 25.7. The summed E-state index contributed by atoms with van der Waals surface area (Å²) >= 11 is 0. The predicted molar refractivity (Wildman–Crippen MR) is 175 cm³/mol. The number of likely N-dealkylation sites (tertiary alicyclic amines) is 1. The Morgan fingerprint density at radius 1 is 0.936 bits per heavy atom.